The maximum atomic E-state index is 11.7. The summed E-state index contributed by atoms with van der Waals surface area (Å²) < 4.78 is 5.37. The molecule has 1 fully saturated rings. The third-order valence-corrected chi connectivity index (χ3v) is 2.56. The molecule has 1 rings (SSSR count). The smallest absolute Gasteiger partial charge is 0.249 e. The molecule has 1 aliphatic heterocycles. The summed E-state index contributed by atoms with van der Waals surface area (Å²) in [4.78, 5) is 11.7. The number of rotatable bonds is 4. The van der Waals surface area contributed by atoms with E-state index in [1.807, 2.05) is 6.92 Å². The predicted molar refractivity (Wildman–Crippen MR) is 57.5 cm³/mol. The van der Waals surface area contributed by atoms with Crippen LogP contribution in [0.4, 0.5) is 0 Å². The summed E-state index contributed by atoms with van der Waals surface area (Å²) in [6.45, 7) is 4.30. The van der Waals surface area contributed by atoms with Crippen molar-refractivity contribution < 1.29 is 14.6 Å². The fraction of sp³-hybridized carbons (Fsp3) is 0.909. The first kappa shape index (κ1) is 12.5. The third-order valence-electron chi connectivity index (χ3n) is 2.56. The molecule has 1 saturated heterocycles. The van der Waals surface area contributed by atoms with E-state index in [1.165, 1.54) is 0 Å². The van der Waals surface area contributed by atoms with Crippen molar-refractivity contribution in [2.75, 3.05) is 6.61 Å². The molecular weight excluding hydrogens is 194 g/mol. The van der Waals surface area contributed by atoms with Gasteiger partial charge in [-0.3, -0.25) is 4.79 Å². The standard InChI is InChI=1S/C11H21NO3/c1-8(7-9(2)13)12-11(14)10-5-3-4-6-15-10/h8-10,13H,3-7H2,1-2H3,(H,12,14). The molecule has 4 heteroatoms. The second kappa shape index (κ2) is 6.08. The van der Waals surface area contributed by atoms with Gasteiger partial charge in [-0.2, -0.15) is 0 Å². The quantitative estimate of drug-likeness (QED) is 0.730. The Bertz CT molecular complexity index is 200. The van der Waals surface area contributed by atoms with E-state index in [2.05, 4.69) is 5.32 Å². The van der Waals surface area contributed by atoms with Crippen LogP contribution in [-0.2, 0) is 9.53 Å². The number of nitrogens with one attached hydrogen (secondary N) is 1. The number of aliphatic hydroxyl groups excluding tert-OH is 1. The van der Waals surface area contributed by atoms with Gasteiger partial charge in [0.25, 0.3) is 0 Å². The number of amides is 1. The van der Waals surface area contributed by atoms with Crippen molar-refractivity contribution in [3.63, 3.8) is 0 Å². The Balaban J connectivity index is 2.27. The minimum absolute atomic E-state index is 0.00280. The molecule has 1 aliphatic rings. The first-order chi connectivity index (χ1) is 7.09. The Hall–Kier alpha value is -0.610. The Labute approximate surface area is 91.0 Å². The van der Waals surface area contributed by atoms with Crippen molar-refractivity contribution in [1.29, 1.82) is 0 Å². The Morgan fingerprint density at radius 2 is 2.27 bits per heavy atom. The Morgan fingerprint density at radius 3 is 2.80 bits per heavy atom. The maximum absolute atomic E-state index is 11.7. The molecule has 0 radical (unpaired) electrons. The van der Waals surface area contributed by atoms with Crippen LogP contribution in [0, 0.1) is 0 Å². The molecule has 15 heavy (non-hydrogen) atoms. The summed E-state index contributed by atoms with van der Waals surface area (Å²) >= 11 is 0. The van der Waals surface area contributed by atoms with Crippen molar-refractivity contribution >= 4 is 5.91 Å². The number of aliphatic hydroxyl groups is 1. The van der Waals surface area contributed by atoms with Crippen LogP contribution in [0.25, 0.3) is 0 Å². The monoisotopic (exact) mass is 215 g/mol. The van der Waals surface area contributed by atoms with Crippen LogP contribution in [0.15, 0.2) is 0 Å². The van der Waals surface area contributed by atoms with Crippen LogP contribution >= 0.6 is 0 Å². The van der Waals surface area contributed by atoms with Crippen LogP contribution in [0.2, 0.25) is 0 Å². The van der Waals surface area contributed by atoms with Gasteiger partial charge in [-0.15, -0.1) is 0 Å². The number of carbonyl (C=O) groups excluding carboxylic acids is 1. The molecule has 3 unspecified atom stereocenters. The van der Waals surface area contributed by atoms with E-state index in [0.29, 0.717) is 13.0 Å². The first-order valence-electron chi connectivity index (χ1n) is 5.69. The lowest BCUT2D eigenvalue weighted by Crippen LogP contribution is -2.43. The number of hydrogen-bond acceptors (Lipinski definition) is 3. The van der Waals surface area contributed by atoms with Gasteiger partial charge in [0.05, 0.1) is 6.10 Å². The highest BCUT2D eigenvalue weighted by molar-refractivity contribution is 5.81. The van der Waals surface area contributed by atoms with Crippen LogP contribution < -0.4 is 5.32 Å². The lowest BCUT2D eigenvalue weighted by molar-refractivity contribution is -0.136. The molecule has 0 aromatic heterocycles. The van der Waals surface area contributed by atoms with E-state index in [0.717, 1.165) is 19.3 Å². The highest BCUT2D eigenvalue weighted by Crippen LogP contribution is 2.13. The van der Waals surface area contributed by atoms with E-state index in [1.54, 1.807) is 6.92 Å². The van der Waals surface area contributed by atoms with Gasteiger partial charge in [0.15, 0.2) is 0 Å². The zero-order chi connectivity index (χ0) is 11.3. The van der Waals surface area contributed by atoms with Crippen LogP contribution in [-0.4, -0.2) is 35.9 Å². The summed E-state index contributed by atoms with van der Waals surface area (Å²) in [5.41, 5.74) is 0. The Kier molecular flexibility index (Phi) is 5.05. The summed E-state index contributed by atoms with van der Waals surface area (Å²) in [5.74, 6) is -0.0390. The molecule has 0 aromatic rings. The topological polar surface area (TPSA) is 58.6 Å². The molecule has 1 amide bonds. The number of ether oxygens (including phenoxy) is 1. The maximum Gasteiger partial charge on any atom is 0.249 e. The molecule has 0 saturated carbocycles. The van der Waals surface area contributed by atoms with E-state index in [9.17, 15) is 4.79 Å². The molecular formula is C11H21NO3. The van der Waals surface area contributed by atoms with E-state index in [-0.39, 0.29) is 24.2 Å². The van der Waals surface area contributed by atoms with Gasteiger partial charge in [-0.05, 0) is 39.5 Å². The first-order valence-corrected chi connectivity index (χ1v) is 5.69. The molecule has 0 aliphatic carbocycles. The average molecular weight is 215 g/mol. The molecule has 88 valence electrons. The Morgan fingerprint density at radius 1 is 1.53 bits per heavy atom. The van der Waals surface area contributed by atoms with Crippen molar-refractivity contribution in [1.82, 2.24) is 5.32 Å². The SMILES string of the molecule is CC(O)CC(C)NC(=O)C1CCCCO1. The van der Waals surface area contributed by atoms with Gasteiger partial charge in [0.1, 0.15) is 6.10 Å². The van der Waals surface area contributed by atoms with Gasteiger partial charge >= 0.3 is 0 Å². The van der Waals surface area contributed by atoms with Gasteiger partial charge in [-0.25, -0.2) is 0 Å². The molecule has 4 nitrogen and oxygen atoms in total. The van der Waals surface area contributed by atoms with Crippen LogP contribution in [0.3, 0.4) is 0 Å². The van der Waals surface area contributed by atoms with Gasteiger partial charge in [0, 0.05) is 12.6 Å². The zero-order valence-corrected chi connectivity index (χ0v) is 9.53. The number of carbonyl (C=O) groups is 1. The van der Waals surface area contributed by atoms with Crippen LogP contribution in [0.1, 0.15) is 39.5 Å². The van der Waals surface area contributed by atoms with Crippen molar-refractivity contribution in [2.45, 2.75) is 57.8 Å². The van der Waals surface area contributed by atoms with Crippen molar-refractivity contribution in [3.05, 3.63) is 0 Å². The highest BCUT2D eigenvalue weighted by Gasteiger charge is 2.23. The molecule has 3 atom stereocenters. The number of hydrogen-bond donors (Lipinski definition) is 2. The minimum atomic E-state index is -0.382. The fourth-order valence-corrected chi connectivity index (χ4v) is 1.85. The van der Waals surface area contributed by atoms with Crippen molar-refractivity contribution in [2.24, 2.45) is 0 Å². The second-order valence-corrected chi connectivity index (χ2v) is 4.35. The molecule has 1 heterocycles. The average Bonchev–Trinajstić information content (AvgIpc) is 2.17. The van der Waals surface area contributed by atoms with Gasteiger partial charge < -0.3 is 15.2 Å². The largest absolute Gasteiger partial charge is 0.393 e. The fourth-order valence-electron chi connectivity index (χ4n) is 1.85. The summed E-state index contributed by atoms with van der Waals surface area (Å²) in [6.07, 6.45) is 2.84. The van der Waals surface area contributed by atoms with E-state index >= 15 is 0 Å². The van der Waals surface area contributed by atoms with E-state index < -0.39 is 0 Å². The summed E-state index contributed by atoms with van der Waals surface area (Å²) in [7, 11) is 0. The molecule has 0 aromatic carbocycles. The van der Waals surface area contributed by atoms with Gasteiger partial charge in [0.2, 0.25) is 5.91 Å². The molecule has 0 bridgehead atoms. The van der Waals surface area contributed by atoms with Crippen LogP contribution in [0.5, 0.6) is 0 Å². The van der Waals surface area contributed by atoms with E-state index in [4.69, 9.17) is 9.84 Å². The highest BCUT2D eigenvalue weighted by atomic mass is 16.5. The molecule has 2 N–H and O–H groups in total. The summed E-state index contributed by atoms with van der Waals surface area (Å²) in [6, 6.07) is 0.00280. The summed E-state index contributed by atoms with van der Waals surface area (Å²) in [5, 5.41) is 12.0. The lowest BCUT2D eigenvalue weighted by atomic mass is 10.1. The van der Waals surface area contributed by atoms with Gasteiger partial charge in [-0.1, -0.05) is 0 Å². The zero-order valence-electron chi connectivity index (χ0n) is 9.53. The lowest BCUT2D eigenvalue weighted by Gasteiger charge is -2.24. The predicted octanol–water partition coefficient (Wildman–Crippen LogP) is 0.831. The molecule has 0 spiro atoms. The third kappa shape index (κ3) is 4.62. The second-order valence-electron chi connectivity index (χ2n) is 4.35. The van der Waals surface area contributed by atoms with Crippen molar-refractivity contribution in [3.8, 4) is 0 Å². The normalized spacial score (nSPS) is 25.7. The minimum Gasteiger partial charge on any atom is -0.393 e.